The van der Waals surface area contributed by atoms with Crippen LogP contribution in [0.5, 0.6) is 0 Å². The minimum Gasteiger partial charge on any atom is -0.282 e. The molecule has 0 bridgehead atoms. The largest absolute Gasteiger partial charge is 0.294 e. The predicted octanol–water partition coefficient (Wildman–Crippen LogP) is 5.77. The lowest BCUT2D eigenvalue weighted by Crippen LogP contribution is -2.30. The average Bonchev–Trinajstić information content (AvgIpc) is 2.40. The van der Waals surface area contributed by atoms with Crippen molar-refractivity contribution in [1.82, 2.24) is 0 Å². The summed E-state index contributed by atoms with van der Waals surface area (Å²) < 4.78 is 31.7. The van der Waals surface area contributed by atoms with E-state index in [4.69, 9.17) is 0 Å². The van der Waals surface area contributed by atoms with Crippen molar-refractivity contribution in [3.05, 3.63) is 29.8 Å². The summed E-state index contributed by atoms with van der Waals surface area (Å²) in [6.07, 6.45) is 1.03. The smallest absolute Gasteiger partial charge is 0.282 e. The van der Waals surface area contributed by atoms with E-state index >= 15 is 0 Å². The second kappa shape index (κ2) is 7.17. The van der Waals surface area contributed by atoms with Gasteiger partial charge >= 0.3 is 0 Å². The molecule has 0 aliphatic rings. The van der Waals surface area contributed by atoms with E-state index in [9.17, 15) is 13.0 Å². The Hall–Kier alpha value is -0.870. The van der Waals surface area contributed by atoms with Crippen molar-refractivity contribution in [3.63, 3.8) is 0 Å². The van der Waals surface area contributed by atoms with E-state index in [1.54, 1.807) is 0 Å². The first-order valence-corrected chi connectivity index (χ1v) is 10.1. The zero-order valence-electron chi connectivity index (χ0n) is 16.4. The van der Waals surface area contributed by atoms with Crippen LogP contribution < -0.4 is 0 Å². The maximum atomic E-state index is 11.3. The molecule has 0 aliphatic carbocycles. The van der Waals surface area contributed by atoms with E-state index in [2.05, 4.69) is 55.4 Å². The van der Waals surface area contributed by atoms with Crippen molar-refractivity contribution in [1.29, 1.82) is 0 Å². The zero-order valence-corrected chi connectivity index (χ0v) is 17.2. The quantitative estimate of drug-likeness (QED) is 0.683. The molecule has 0 saturated heterocycles. The number of hydrogen-bond acceptors (Lipinski definition) is 2. The minimum absolute atomic E-state index is 0.0442. The molecule has 0 amide bonds. The molecule has 24 heavy (non-hydrogen) atoms. The number of rotatable bonds is 5. The van der Waals surface area contributed by atoms with Crippen LogP contribution in [-0.4, -0.2) is 13.0 Å². The van der Waals surface area contributed by atoms with Gasteiger partial charge in [-0.3, -0.25) is 4.55 Å². The maximum absolute atomic E-state index is 11.3. The van der Waals surface area contributed by atoms with Crippen molar-refractivity contribution >= 4 is 10.1 Å². The molecule has 1 aromatic rings. The molecule has 0 fully saturated rings. The van der Waals surface area contributed by atoms with Gasteiger partial charge in [0.15, 0.2) is 0 Å². The van der Waals surface area contributed by atoms with Crippen molar-refractivity contribution < 1.29 is 13.0 Å². The minimum atomic E-state index is -4.14. The Labute approximate surface area is 148 Å². The Morgan fingerprint density at radius 3 is 1.75 bits per heavy atom. The number of hydrogen-bond donors (Lipinski definition) is 1. The lowest BCUT2D eigenvalue weighted by Gasteiger charge is -2.39. The van der Waals surface area contributed by atoms with Crippen LogP contribution in [0.15, 0.2) is 29.2 Å². The van der Waals surface area contributed by atoms with Crippen LogP contribution in [0.1, 0.15) is 73.3 Å². The van der Waals surface area contributed by atoms with Crippen LogP contribution in [-0.2, 0) is 10.1 Å². The van der Waals surface area contributed by atoms with Gasteiger partial charge in [-0.2, -0.15) is 8.42 Å². The molecule has 0 heterocycles. The molecule has 1 aromatic carbocycles. The van der Waals surface area contributed by atoms with Crippen LogP contribution in [0.4, 0.5) is 0 Å². The summed E-state index contributed by atoms with van der Waals surface area (Å²) in [4.78, 5) is -0.0442. The van der Waals surface area contributed by atoms with Gasteiger partial charge in [0.05, 0.1) is 4.90 Å². The third-order valence-corrected chi connectivity index (χ3v) is 6.10. The van der Waals surface area contributed by atoms with Crippen LogP contribution in [0.3, 0.4) is 0 Å². The van der Waals surface area contributed by atoms with Gasteiger partial charge in [-0.05, 0) is 52.7 Å². The zero-order chi connectivity index (χ0) is 18.9. The van der Waals surface area contributed by atoms with Gasteiger partial charge in [0.1, 0.15) is 0 Å². The van der Waals surface area contributed by atoms with Gasteiger partial charge in [0, 0.05) is 0 Å². The van der Waals surface area contributed by atoms with Crippen LogP contribution in [0.25, 0.3) is 0 Å². The molecule has 3 atom stereocenters. The summed E-state index contributed by atoms with van der Waals surface area (Å²) in [5.41, 5.74) is 1.53. The Bertz CT molecular complexity index is 631. The van der Waals surface area contributed by atoms with Crippen LogP contribution >= 0.6 is 0 Å². The molecular formula is C20H34O3S. The first-order chi connectivity index (χ1) is 10.6. The molecule has 1 N–H and O–H groups in total. The third-order valence-electron chi connectivity index (χ3n) is 5.23. The van der Waals surface area contributed by atoms with Gasteiger partial charge in [-0.1, -0.05) is 67.5 Å². The SMILES string of the molecule is CC(C(CC(C)(C)C)c1ccc(S(=O)(=O)O)cc1)C(C)C(C)(C)C. The lowest BCUT2D eigenvalue weighted by molar-refractivity contribution is 0.145. The Morgan fingerprint density at radius 2 is 1.42 bits per heavy atom. The topological polar surface area (TPSA) is 54.4 Å². The maximum Gasteiger partial charge on any atom is 0.294 e. The molecule has 0 aromatic heterocycles. The molecule has 1 rings (SSSR count). The highest BCUT2D eigenvalue weighted by Gasteiger charge is 2.33. The summed E-state index contributed by atoms with van der Waals surface area (Å²) in [5.74, 6) is 1.32. The highest BCUT2D eigenvalue weighted by atomic mass is 32.2. The summed E-state index contributed by atoms with van der Waals surface area (Å²) in [6.45, 7) is 18.1. The standard InChI is InChI=1S/C20H34O3S/c1-14(15(2)20(6,7)8)18(13-19(3,4)5)16-9-11-17(12-10-16)24(21,22)23/h9-12,14-15,18H,13H2,1-8H3,(H,21,22,23). The lowest BCUT2D eigenvalue weighted by atomic mass is 9.66. The normalized spacial score (nSPS) is 17.4. The van der Waals surface area contributed by atoms with Crippen LogP contribution in [0.2, 0.25) is 0 Å². The molecule has 0 saturated carbocycles. The van der Waals surface area contributed by atoms with E-state index < -0.39 is 10.1 Å². The van der Waals surface area contributed by atoms with E-state index in [-0.39, 0.29) is 15.7 Å². The van der Waals surface area contributed by atoms with Gasteiger partial charge in [-0.15, -0.1) is 0 Å². The van der Waals surface area contributed by atoms with Crippen LogP contribution in [0, 0.1) is 22.7 Å². The Balaban J connectivity index is 3.24. The molecule has 3 nitrogen and oxygen atoms in total. The van der Waals surface area contributed by atoms with Crippen molar-refractivity contribution in [2.75, 3.05) is 0 Å². The van der Waals surface area contributed by atoms with E-state index in [1.165, 1.54) is 12.1 Å². The summed E-state index contributed by atoms with van der Waals surface area (Å²) >= 11 is 0. The van der Waals surface area contributed by atoms with Crippen molar-refractivity contribution in [2.24, 2.45) is 22.7 Å². The van der Waals surface area contributed by atoms with Crippen molar-refractivity contribution in [2.45, 2.75) is 72.6 Å². The van der Waals surface area contributed by atoms with Gasteiger partial charge in [-0.25, -0.2) is 0 Å². The fourth-order valence-electron chi connectivity index (χ4n) is 3.29. The van der Waals surface area contributed by atoms with Gasteiger partial charge < -0.3 is 0 Å². The first-order valence-electron chi connectivity index (χ1n) is 8.70. The molecular weight excluding hydrogens is 320 g/mol. The molecule has 138 valence electrons. The predicted molar refractivity (Wildman–Crippen MR) is 101 cm³/mol. The second-order valence-electron chi connectivity index (χ2n) is 9.43. The fraction of sp³-hybridized carbons (Fsp3) is 0.700. The summed E-state index contributed by atoms with van der Waals surface area (Å²) in [6, 6.07) is 6.72. The third kappa shape index (κ3) is 5.89. The van der Waals surface area contributed by atoms with Gasteiger partial charge in [0.2, 0.25) is 0 Å². The average molecular weight is 355 g/mol. The fourth-order valence-corrected chi connectivity index (χ4v) is 3.77. The Morgan fingerprint density at radius 1 is 0.958 bits per heavy atom. The molecule has 4 heteroatoms. The highest BCUT2D eigenvalue weighted by molar-refractivity contribution is 7.85. The highest BCUT2D eigenvalue weighted by Crippen LogP contribution is 2.44. The molecule has 0 radical (unpaired) electrons. The first kappa shape index (κ1) is 21.2. The summed E-state index contributed by atoms with van der Waals surface area (Å²) in [7, 11) is -4.14. The van der Waals surface area contributed by atoms with E-state index in [0.717, 1.165) is 12.0 Å². The number of benzene rings is 1. The molecule has 0 aliphatic heterocycles. The Kier molecular flexibility index (Phi) is 6.32. The monoisotopic (exact) mass is 354 g/mol. The van der Waals surface area contributed by atoms with E-state index in [1.807, 2.05) is 12.1 Å². The second-order valence-corrected chi connectivity index (χ2v) is 10.9. The van der Waals surface area contributed by atoms with Crippen molar-refractivity contribution in [3.8, 4) is 0 Å². The van der Waals surface area contributed by atoms with E-state index in [0.29, 0.717) is 17.8 Å². The molecule has 0 spiro atoms. The molecule has 3 unspecified atom stereocenters. The summed E-state index contributed by atoms with van der Waals surface area (Å²) in [5, 5.41) is 0. The van der Waals surface area contributed by atoms with Gasteiger partial charge in [0.25, 0.3) is 10.1 Å².